The lowest BCUT2D eigenvalue weighted by Crippen LogP contribution is -1.89. The van der Waals surface area contributed by atoms with Crippen molar-refractivity contribution in [1.82, 2.24) is 9.55 Å². The Morgan fingerprint density at radius 3 is 2.54 bits per heavy atom. The van der Waals surface area contributed by atoms with Crippen LogP contribution in [0.4, 0.5) is 0 Å². The maximum absolute atomic E-state index is 4.43. The number of hydrogen-bond donors (Lipinski definition) is 0. The fraction of sp³-hybridized carbons (Fsp3) is 0.222. The summed E-state index contributed by atoms with van der Waals surface area (Å²) in [5.74, 6) is 1.03. The molecule has 68 valence electrons. The van der Waals surface area contributed by atoms with Crippen LogP contribution in [0.5, 0.6) is 0 Å². The Morgan fingerprint density at radius 2 is 1.85 bits per heavy atom. The molecule has 2 nitrogen and oxygen atoms in total. The van der Waals surface area contributed by atoms with E-state index >= 15 is 0 Å². The quantitative estimate of drug-likeness (QED) is 0.729. The molecule has 2 aromatic rings. The molecular formula is C9H8Br2N2. The second-order valence-electron chi connectivity index (χ2n) is 2.97. The number of rotatable bonds is 0. The smallest absolute Gasteiger partial charge is 0.106 e. The summed E-state index contributed by atoms with van der Waals surface area (Å²) in [6, 6.07) is 4.09. The molecule has 0 spiro atoms. The van der Waals surface area contributed by atoms with E-state index in [2.05, 4.69) is 47.5 Å². The lowest BCUT2D eigenvalue weighted by Gasteiger charge is -1.98. The van der Waals surface area contributed by atoms with Gasteiger partial charge in [-0.15, -0.1) is 0 Å². The van der Waals surface area contributed by atoms with Crippen LogP contribution >= 0.6 is 31.9 Å². The molecule has 0 fully saturated rings. The SMILES string of the molecule is Cc1nc2cc(Br)c(Br)cc2n1C. The molecule has 13 heavy (non-hydrogen) atoms. The number of halogens is 2. The zero-order chi connectivity index (χ0) is 9.59. The minimum absolute atomic E-state index is 1.02. The number of aromatic nitrogens is 2. The Balaban J connectivity index is 2.89. The van der Waals surface area contributed by atoms with Crippen LogP contribution in [0, 0.1) is 6.92 Å². The Labute approximate surface area is 93.2 Å². The third-order valence-corrected chi connectivity index (χ3v) is 3.99. The van der Waals surface area contributed by atoms with E-state index in [4.69, 9.17) is 0 Å². The largest absolute Gasteiger partial charge is 0.331 e. The van der Waals surface area contributed by atoms with Crippen LogP contribution in [0.15, 0.2) is 21.1 Å². The van der Waals surface area contributed by atoms with Crippen molar-refractivity contribution in [2.45, 2.75) is 6.92 Å². The highest BCUT2D eigenvalue weighted by Crippen LogP contribution is 2.28. The van der Waals surface area contributed by atoms with E-state index < -0.39 is 0 Å². The third kappa shape index (κ3) is 1.42. The highest BCUT2D eigenvalue weighted by Gasteiger charge is 2.06. The second kappa shape index (κ2) is 3.10. The van der Waals surface area contributed by atoms with Crippen LogP contribution in [0.25, 0.3) is 11.0 Å². The van der Waals surface area contributed by atoms with Gasteiger partial charge in [-0.05, 0) is 50.9 Å². The predicted octanol–water partition coefficient (Wildman–Crippen LogP) is 3.41. The molecule has 1 aromatic carbocycles. The number of nitrogens with zero attached hydrogens (tertiary/aromatic N) is 2. The molecule has 0 radical (unpaired) electrons. The molecule has 2 rings (SSSR count). The van der Waals surface area contributed by atoms with Crippen LogP contribution in [0.1, 0.15) is 5.82 Å². The number of benzene rings is 1. The summed E-state index contributed by atoms with van der Waals surface area (Å²) >= 11 is 6.93. The van der Waals surface area contributed by atoms with E-state index in [1.54, 1.807) is 0 Å². The molecule has 0 saturated heterocycles. The topological polar surface area (TPSA) is 17.8 Å². The number of hydrogen-bond acceptors (Lipinski definition) is 1. The van der Waals surface area contributed by atoms with Gasteiger partial charge in [0, 0.05) is 16.0 Å². The summed E-state index contributed by atoms with van der Waals surface area (Å²) in [6.07, 6.45) is 0. The molecular weight excluding hydrogens is 296 g/mol. The van der Waals surface area contributed by atoms with Crippen LogP contribution in [-0.4, -0.2) is 9.55 Å². The van der Waals surface area contributed by atoms with Crippen molar-refractivity contribution in [3.63, 3.8) is 0 Å². The molecule has 0 bridgehead atoms. The highest BCUT2D eigenvalue weighted by atomic mass is 79.9. The Morgan fingerprint density at radius 1 is 1.23 bits per heavy atom. The minimum atomic E-state index is 1.02. The van der Waals surface area contributed by atoms with E-state index in [0.717, 1.165) is 25.8 Å². The van der Waals surface area contributed by atoms with Crippen molar-refractivity contribution in [3.8, 4) is 0 Å². The van der Waals surface area contributed by atoms with Gasteiger partial charge in [0.15, 0.2) is 0 Å². The minimum Gasteiger partial charge on any atom is -0.331 e. The van der Waals surface area contributed by atoms with E-state index in [0.29, 0.717) is 0 Å². The summed E-state index contributed by atoms with van der Waals surface area (Å²) in [6.45, 7) is 2.00. The van der Waals surface area contributed by atoms with Gasteiger partial charge < -0.3 is 4.57 Å². The molecule has 4 heteroatoms. The highest BCUT2D eigenvalue weighted by molar-refractivity contribution is 9.13. The number of aryl methyl sites for hydroxylation is 2. The molecule has 0 unspecified atom stereocenters. The van der Waals surface area contributed by atoms with Crippen molar-refractivity contribution in [2.75, 3.05) is 0 Å². The van der Waals surface area contributed by atoms with Crippen molar-refractivity contribution >= 4 is 42.9 Å². The Hall–Kier alpha value is -0.350. The Bertz CT molecular complexity index is 474. The molecule has 0 N–H and O–H groups in total. The first kappa shape index (κ1) is 9.21. The lowest BCUT2D eigenvalue weighted by molar-refractivity contribution is 0.886. The Kier molecular flexibility index (Phi) is 2.20. The number of imidazole rings is 1. The monoisotopic (exact) mass is 302 g/mol. The van der Waals surface area contributed by atoms with E-state index in [1.807, 2.05) is 20.0 Å². The fourth-order valence-corrected chi connectivity index (χ4v) is 1.97. The first-order valence-corrected chi connectivity index (χ1v) is 5.46. The van der Waals surface area contributed by atoms with Crippen LogP contribution in [0.2, 0.25) is 0 Å². The first-order chi connectivity index (χ1) is 6.09. The van der Waals surface area contributed by atoms with Crippen molar-refractivity contribution in [3.05, 3.63) is 26.9 Å². The molecule has 1 aromatic heterocycles. The molecule has 0 aliphatic carbocycles. The molecule has 1 heterocycles. The van der Waals surface area contributed by atoms with E-state index in [-0.39, 0.29) is 0 Å². The summed E-state index contributed by atoms with van der Waals surface area (Å²) in [7, 11) is 2.02. The molecule has 0 aliphatic heterocycles. The average Bonchev–Trinajstić information content (AvgIpc) is 2.32. The standard InChI is InChI=1S/C9H8Br2N2/c1-5-12-8-3-6(10)7(11)4-9(8)13(5)2/h3-4H,1-2H3. The lowest BCUT2D eigenvalue weighted by atomic mass is 10.3. The second-order valence-corrected chi connectivity index (χ2v) is 4.68. The first-order valence-electron chi connectivity index (χ1n) is 3.87. The summed E-state index contributed by atoms with van der Waals surface area (Å²) in [4.78, 5) is 4.43. The van der Waals surface area contributed by atoms with Gasteiger partial charge in [-0.3, -0.25) is 0 Å². The third-order valence-electron chi connectivity index (χ3n) is 2.15. The van der Waals surface area contributed by atoms with Gasteiger partial charge in [-0.1, -0.05) is 0 Å². The summed E-state index contributed by atoms with van der Waals surface area (Å²) in [5, 5.41) is 0. The van der Waals surface area contributed by atoms with Gasteiger partial charge in [-0.25, -0.2) is 4.98 Å². The van der Waals surface area contributed by atoms with Crippen LogP contribution in [-0.2, 0) is 7.05 Å². The maximum Gasteiger partial charge on any atom is 0.106 e. The molecule has 0 atom stereocenters. The fourth-order valence-electron chi connectivity index (χ4n) is 1.31. The average molecular weight is 304 g/mol. The van der Waals surface area contributed by atoms with Crippen molar-refractivity contribution in [1.29, 1.82) is 0 Å². The van der Waals surface area contributed by atoms with Gasteiger partial charge in [0.2, 0.25) is 0 Å². The summed E-state index contributed by atoms with van der Waals surface area (Å²) in [5.41, 5.74) is 2.17. The normalized spacial score (nSPS) is 11.1. The van der Waals surface area contributed by atoms with Crippen LogP contribution < -0.4 is 0 Å². The van der Waals surface area contributed by atoms with Gasteiger partial charge in [0.1, 0.15) is 5.82 Å². The zero-order valence-corrected chi connectivity index (χ0v) is 10.5. The van der Waals surface area contributed by atoms with E-state index in [9.17, 15) is 0 Å². The molecule has 0 saturated carbocycles. The van der Waals surface area contributed by atoms with Crippen molar-refractivity contribution < 1.29 is 0 Å². The molecule has 0 amide bonds. The number of fused-ring (bicyclic) bond motifs is 1. The van der Waals surface area contributed by atoms with E-state index in [1.165, 1.54) is 0 Å². The van der Waals surface area contributed by atoms with Gasteiger partial charge in [-0.2, -0.15) is 0 Å². The van der Waals surface area contributed by atoms with Gasteiger partial charge in [0.05, 0.1) is 11.0 Å². The van der Waals surface area contributed by atoms with Crippen LogP contribution in [0.3, 0.4) is 0 Å². The maximum atomic E-state index is 4.43. The van der Waals surface area contributed by atoms with Gasteiger partial charge >= 0.3 is 0 Å². The van der Waals surface area contributed by atoms with Crippen molar-refractivity contribution in [2.24, 2.45) is 7.05 Å². The summed E-state index contributed by atoms with van der Waals surface area (Å²) < 4.78 is 4.17. The zero-order valence-electron chi connectivity index (χ0n) is 7.31. The molecule has 0 aliphatic rings. The van der Waals surface area contributed by atoms with Gasteiger partial charge in [0.25, 0.3) is 0 Å². The predicted molar refractivity (Wildman–Crippen MR) is 60.9 cm³/mol.